The molecule has 0 aliphatic carbocycles. The van der Waals surface area contributed by atoms with Gasteiger partial charge in [-0.15, -0.1) is 0 Å². The molecule has 3 atom stereocenters. The van der Waals surface area contributed by atoms with E-state index in [0.29, 0.717) is 23.0 Å². The quantitative estimate of drug-likeness (QED) is 0.0517. The van der Waals surface area contributed by atoms with E-state index >= 15 is 0 Å². The van der Waals surface area contributed by atoms with Gasteiger partial charge in [-0.2, -0.15) is 0 Å². The highest BCUT2D eigenvalue weighted by atomic mass is 16.6. The molecular formula is C48H58N8O8. The molecule has 0 saturated carbocycles. The first-order chi connectivity index (χ1) is 30.5. The molecule has 16 heteroatoms. The van der Waals surface area contributed by atoms with Crippen molar-refractivity contribution in [3.63, 3.8) is 0 Å². The van der Waals surface area contributed by atoms with Crippen LogP contribution in [0.3, 0.4) is 0 Å². The van der Waals surface area contributed by atoms with Crippen molar-refractivity contribution in [2.75, 3.05) is 40.4 Å². The summed E-state index contributed by atoms with van der Waals surface area (Å²) in [5, 5.41) is 16.9. The molecular weight excluding hydrogens is 817 g/mol. The number of nitrogens with one attached hydrogen (secondary N) is 2. The second-order valence-corrected chi connectivity index (χ2v) is 15.9. The molecule has 0 radical (unpaired) electrons. The number of hydrogen-bond donors (Lipinski definition) is 2. The predicted molar refractivity (Wildman–Crippen MR) is 243 cm³/mol. The van der Waals surface area contributed by atoms with Gasteiger partial charge in [0.15, 0.2) is 5.78 Å². The van der Waals surface area contributed by atoms with E-state index in [4.69, 9.17) is 0 Å². The maximum Gasteiger partial charge on any atom is 0.330 e. The number of ether oxygens (including phenoxy) is 2. The number of carbonyl (C=O) groups is 4. The fourth-order valence-electron chi connectivity index (χ4n) is 6.61. The molecule has 0 bridgehead atoms. The Morgan fingerprint density at radius 2 is 1.30 bits per heavy atom. The van der Waals surface area contributed by atoms with Crippen LogP contribution in [0.15, 0.2) is 129 Å². The van der Waals surface area contributed by atoms with E-state index in [9.17, 15) is 29.3 Å². The van der Waals surface area contributed by atoms with E-state index in [1.807, 2.05) is 55.8 Å². The van der Waals surface area contributed by atoms with Crippen molar-refractivity contribution in [3.8, 4) is 0 Å². The number of methoxy groups -OCH3 is 2. The van der Waals surface area contributed by atoms with Crippen molar-refractivity contribution in [1.29, 1.82) is 0 Å². The Labute approximate surface area is 374 Å². The van der Waals surface area contributed by atoms with Crippen molar-refractivity contribution >= 4 is 29.2 Å². The number of pyridine rings is 5. The average molecular weight is 875 g/mol. The second-order valence-electron chi connectivity index (χ2n) is 15.9. The molecule has 16 nitrogen and oxygen atoms in total. The number of rotatable bonds is 10. The molecule has 7 heterocycles. The summed E-state index contributed by atoms with van der Waals surface area (Å²) < 4.78 is 9.07. The Bertz CT molecular complexity index is 2250. The minimum atomic E-state index is -0.898. The van der Waals surface area contributed by atoms with Crippen LogP contribution < -0.4 is 10.6 Å². The lowest BCUT2D eigenvalue weighted by molar-refractivity contribution is -0.490. The van der Waals surface area contributed by atoms with Crippen molar-refractivity contribution in [3.05, 3.63) is 167 Å². The van der Waals surface area contributed by atoms with E-state index in [2.05, 4.69) is 64.9 Å². The molecule has 5 aromatic rings. The zero-order valence-electron chi connectivity index (χ0n) is 37.5. The standard InChI is InChI=1S/C11H14N2O4.C10H12N2O.C10H14N2.C10H11NO2.C7H7NO/c1-11(8-13(15)16,6-10(14)17-2)9-4-3-5-12-7-9;1-10(5-9(13)12-7-10)8-3-2-4-11-6-8;1-10(4-6-12-8-10)9-3-2-5-11-7-9;1-8(6-10(12)13-2)9-4-3-5-11-7-9;1-6(9)7-3-2-4-8-5-7/h3-5,7H,6,8H2,1-2H3;2-4,6H,5,7H2,1H3,(H,12,13);2-3,5,7,12H,4,6,8H2,1H3;3-7H,1-2H3;2-5H,1H3. The van der Waals surface area contributed by atoms with Gasteiger partial charge in [0.25, 0.3) is 0 Å². The van der Waals surface area contributed by atoms with Gasteiger partial charge in [-0.1, -0.05) is 38.1 Å². The molecule has 2 saturated heterocycles. The van der Waals surface area contributed by atoms with Crippen LogP contribution in [-0.4, -0.2) is 93.9 Å². The first-order valence-corrected chi connectivity index (χ1v) is 20.5. The maximum absolute atomic E-state index is 11.3. The number of nitro groups is 1. The van der Waals surface area contributed by atoms with Gasteiger partial charge in [0.2, 0.25) is 12.5 Å². The van der Waals surface area contributed by atoms with Gasteiger partial charge in [-0.05, 0) is 98.0 Å². The Hall–Kier alpha value is -7.07. The summed E-state index contributed by atoms with van der Waals surface area (Å²) in [5.74, 6) is -0.631. The van der Waals surface area contributed by atoms with Gasteiger partial charge in [-0.25, -0.2) is 4.79 Å². The minimum absolute atomic E-state index is 0.0455. The van der Waals surface area contributed by atoms with Gasteiger partial charge in [-0.3, -0.25) is 49.4 Å². The normalized spacial score (nSPS) is 18.2. The number of ketones is 1. The fraction of sp³-hybridized carbons (Fsp3) is 0.354. The number of aromatic nitrogens is 5. The fourth-order valence-corrected chi connectivity index (χ4v) is 6.61. The molecule has 338 valence electrons. The van der Waals surface area contributed by atoms with E-state index in [1.54, 1.807) is 68.4 Å². The van der Waals surface area contributed by atoms with Crippen LogP contribution >= 0.6 is 0 Å². The van der Waals surface area contributed by atoms with Crippen molar-refractivity contribution in [2.24, 2.45) is 0 Å². The summed E-state index contributed by atoms with van der Waals surface area (Å²) in [6, 6.07) is 18.7. The highest BCUT2D eigenvalue weighted by Gasteiger charge is 2.36. The molecule has 2 aliphatic heterocycles. The molecule has 5 aromatic heterocycles. The van der Waals surface area contributed by atoms with Crippen LogP contribution in [0.4, 0.5) is 0 Å². The molecule has 64 heavy (non-hydrogen) atoms. The summed E-state index contributed by atoms with van der Waals surface area (Å²) in [6.07, 6.45) is 20.3. The number of carbonyl (C=O) groups excluding carboxylic acids is 4. The topological polar surface area (TPSA) is 218 Å². The van der Waals surface area contributed by atoms with Gasteiger partial charge < -0.3 is 20.1 Å². The van der Waals surface area contributed by atoms with Crippen LogP contribution in [0.5, 0.6) is 0 Å². The Morgan fingerprint density at radius 1 is 0.766 bits per heavy atom. The smallest absolute Gasteiger partial charge is 0.330 e. The number of allylic oxidation sites excluding steroid dienone is 1. The molecule has 0 aromatic carbocycles. The third-order valence-electron chi connectivity index (χ3n) is 10.6. The van der Waals surface area contributed by atoms with Crippen LogP contribution in [0.1, 0.15) is 86.5 Å². The monoisotopic (exact) mass is 874 g/mol. The lowest BCUT2D eigenvalue weighted by Gasteiger charge is -2.23. The van der Waals surface area contributed by atoms with E-state index in [1.165, 1.54) is 45.4 Å². The van der Waals surface area contributed by atoms with Crippen LogP contribution in [-0.2, 0) is 40.1 Å². The summed E-state index contributed by atoms with van der Waals surface area (Å²) in [4.78, 5) is 74.0. The number of hydrogen-bond acceptors (Lipinski definition) is 14. The molecule has 2 N–H and O–H groups in total. The highest BCUT2D eigenvalue weighted by molar-refractivity contribution is 5.93. The number of esters is 2. The molecule has 3 unspecified atom stereocenters. The molecule has 0 spiro atoms. The number of amides is 1. The lowest BCUT2D eigenvalue weighted by atomic mass is 9.80. The molecule has 2 aliphatic rings. The Morgan fingerprint density at radius 3 is 1.69 bits per heavy atom. The Kier molecular flexibility index (Phi) is 20.6. The first-order valence-electron chi connectivity index (χ1n) is 20.5. The van der Waals surface area contributed by atoms with Gasteiger partial charge in [0.05, 0.1) is 26.1 Å². The Balaban J connectivity index is 0.000000215. The summed E-state index contributed by atoms with van der Waals surface area (Å²) in [7, 11) is 2.62. The summed E-state index contributed by atoms with van der Waals surface area (Å²) in [5.41, 5.74) is 4.93. The van der Waals surface area contributed by atoms with Gasteiger partial charge >= 0.3 is 11.9 Å². The van der Waals surface area contributed by atoms with Gasteiger partial charge in [0, 0.05) is 109 Å². The van der Waals surface area contributed by atoms with E-state index < -0.39 is 16.3 Å². The lowest BCUT2D eigenvalue weighted by Crippen LogP contribution is -2.34. The van der Waals surface area contributed by atoms with E-state index in [0.717, 1.165) is 36.3 Å². The minimum Gasteiger partial charge on any atom is -0.469 e. The van der Waals surface area contributed by atoms with Crippen LogP contribution in [0.25, 0.3) is 5.57 Å². The second kappa shape index (κ2) is 25.8. The summed E-state index contributed by atoms with van der Waals surface area (Å²) >= 11 is 0. The SMILES string of the molecule is CC(=O)c1cccnc1.CC1(c2cccnc2)CCNC1.CC1(c2cccnc2)CNC(=O)C1.COC(=O)C=C(C)c1cccnc1.COC(=O)CC(C)(C[N+](=O)[O-])c1cccnc1. The average Bonchev–Trinajstić information content (AvgIpc) is 3.93. The van der Waals surface area contributed by atoms with Crippen LogP contribution in [0.2, 0.25) is 0 Å². The first kappa shape index (κ1) is 51.3. The third kappa shape index (κ3) is 17.0. The molecule has 1 amide bonds. The number of nitrogens with zero attached hydrogens (tertiary/aromatic N) is 6. The zero-order valence-corrected chi connectivity index (χ0v) is 37.5. The summed E-state index contributed by atoms with van der Waals surface area (Å²) in [6.45, 7) is 12.0. The van der Waals surface area contributed by atoms with E-state index in [-0.39, 0.29) is 36.0 Å². The number of Topliss-reactive ketones (excluding diaryl/α,β-unsaturated/α-hetero) is 1. The van der Waals surface area contributed by atoms with Crippen molar-refractivity contribution < 1.29 is 33.6 Å². The van der Waals surface area contributed by atoms with Crippen molar-refractivity contribution in [1.82, 2.24) is 35.6 Å². The highest BCUT2D eigenvalue weighted by Crippen LogP contribution is 2.31. The third-order valence-corrected chi connectivity index (χ3v) is 10.6. The van der Waals surface area contributed by atoms with Crippen LogP contribution in [0, 0.1) is 10.1 Å². The zero-order chi connectivity index (χ0) is 47.0. The molecule has 2 fully saturated rings. The predicted octanol–water partition coefficient (Wildman–Crippen LogP) is 6.31. The van der Waals surface area contributed by atoms with Gasteiger partial charge in [0.1, 0.15) is 0 Å². The maximum atomic E-state index is 11.3. The largest absolute Gasteiger partial charge is 0.469 e. The van der Waals surface area contributed by atoms with Crippen molar-refractivity contribution in [2.45, 2.75) is 70.1 Å². The molecule has 7 rings (SSSR count).